The van der Waals surface area contributed by atoms with Crippen LogP contribution in [0.25, 0.3) is 0 Å². The van der Waals surface area contributed by atoms with Crippen LogP contribution in [0.15, 0.2) is 24.4 Å². The molecule has 0 aromatic carbocycles. The van der Waals surface area contributed by atoms with Crippen molar-refractivity contribution in [1.29, 1.82) is 0 Å². The number of nitrogens with zero attached hydrogens (tertiary/aromatic N) is 3. The van der Waals surface area contributed by atoms with Crippen LogP contribution in [0.1, 0.15) is 99.2 Å². The largest absolute Gasteiger partial charge is 0.477 e. The predicted octanol–water partition coefficient (Wildman–Crippen LogP) is 6.85. The fraction of sp³-hybridized carbons (Fsp3) is 0.606. The van der Waals surface area contributed by atoms with Crippen molar-refractivity contribution in [2.24, 2.45) is 17.3 Å². The van der Waals surface area contributed by atoms with E-state index in [1.165, 1.54) is 11.3 Å². The molecule has 2 heterocycles. The van der Waals surface area contributed by atoms with Crippen LogP contribution >= 0.6 is 11.3 Å². The van der Waals surface area contributed by atoms with Crippen LogP contribution in [0.5, 0.6) is 5.88 Å². The Bertz CT molecular complexity index is 1270. The number of anilines is 1. The molecule has 1 N–H and O–H groups in total. The molecule has 2 fully saturated rings. The zero-order valence-electron chi connectivity index (χ0n) is 25.4. The van der Waals surface area contributed by atoms with Crippen molar-refractivity contribution in [3.05, 3.63) is 39.7 Å². The highest BCUT2D eigenvalue weighted by Gasteiger charge is 2.38. The summed E-state index contributed by atoms with van der Waals surface area (Å²) < 4.78 is 6.29. The molecule has 41 heavy (non-hydrogen) atoms. The molecule has 2 aliphatic rings. The zero-order valence-corrected chi connectivity index (χ0v) is 26.2. The van der Waals surface area contributed by atoms with Gasteiger partial charge in [0.2, 0.25) is 11.8 Å². The number of carbonyl (C=O) groups excluding carboxylic acids is 1. The Labute approximate surface area is 249 Å². The monoisotopic (exact) mass is 579 g/mol. The van der Waals surface area contributed by atoms with E-state index in [9.17, 15) is 14.7 Å². The van der Waals surface area contributed by atoms with E-state index in [4.69, 9.17) is 4.74 Å². The summed E-state index contributed by atoms with van der Waals surface area (Å²) in [5.74, 6) is 6.62. The number of hydrogen-bond donors (Lipinski definition) is 1. The highest BCUT2D eigenvalue weighted by molar-refractivity contribution is 7.15. The second-order valence-corrected chi connectivity index (χ2v) is 14.1. The van der Waals surface area contributed by atoms with Crippen LogP contribution in [-0.2, 0) is 11.3 Å². The topological polar surface area (TPSA) is 83.0 Å². The van der Waals surface area contributed by atoms with Crippen molar-refractivity contribution in [2.45, 2.75) is 97.8 Å². The van der Waals surface area contributed by atoms with Gasteiger partial charge in [-0.1, -0.05) is 18.8 Å². The number of carbonyl (C=O) groups is 2. The second-order valence-electron chi connectivity index (χ2n) is 13.1. The summed E-state index contributed by atoms with van der Waals surface area (Å²) >= 11 is 1.17. The molecule has 2 aliphatic carbocycles. The maximum Gasteiger partial charge on any atom is 0.348 e. The molecule has 0 spiro atoms. The van der Waals surface area contributed by atoms with Crippen LogP contribution in [-0.4, -0.2) is 53.1 Å². The van der Waals surface area contributed by atoms with Crippen molar-refractivity contribution in [3.63, 3.8) is 0 Å². The van der Waals surface area contributed by atoms with Gasteiger partial charge in [-0.3, -0.25) is 4.79 Å². The number of rotatable bonds is 8. The molecule has 1 amide bonds. The number of hydrogen-bond acceptors (Lipinski definition) is 6. The lowest BCUT2D eigenvalue weighted by Crippen LogP contribution is -2.47. The van der Waals surface area contributed by atoms with E-state index in [1.807, 2.05) is 58.0 Å². The van der Waals surface area contributed by atoms with Crippen molar-refractivity contribution in [3.8, 4) is 17.7 Å². The number of thiophene rings is 1. The molecular formula is C33H45N3O4S. The van der Waals surface area contributed by atoms with Gasteiger partial charge in [-0.2, -0.15) is 0 Å². The average molecular weight is 580 g/mol. The fourth-order valence-electron chi connectivity index (χ4n) is 5.79. The lowest BCUT2D eigenvalue weighted by molar-refractivity contribution is -0.124. The van der Waals surface area contributed by atoms with Crippen LogP contribution in [0.2, 0.25) is 0 Å². The van der Waals surface area contributed by atoms with Crippen molar-refractivity contribution < 1.29 is 19.4 Å². The van der Waals surface area contributed by atoms with E-state index in [0.29, 0.717) is 22.4 Å². The third-order valence-electron chi connectivity index (χ3n) is 7.92. The van der Waals surface area contributed by atoms with Gasteiger partial charge in [-0.25, -0.2) is 9.78 Å². The first kappa shape index (κ1) is 31.1. The lowest BCUT2D eigenvalue weighted by atomic mass is 9.81. The number of carboxylic acids is 1. The first-order valence-electron chi connectivity index (χ1n) is 14.9. The highest BCUT2D eigenvalue weighted by Crippen LogP contribution is 2.39. The summed E-state index contributed by atoms with van der Waals surface area (Å²) in [5, 5.41) is 10.2. The van der Waals surface area contributed by atoms with Crippen LogP contribution < -0.4 is 9.64 Å². The minimum Gasteiger partial charge on any atom is -0.477 e. The third kappa shape index (κ3) is 8.56. The summed E-state index contributed by atoms with van der Waals surface area (Å²) in [7, 11) is 4.07. The molecule has 0 atom stereocenters. The lowest BCUT2D eigenvalue weighted by Gasteiger charge is -2.39. The number of ether oxygens (including phenoxy) is 1. The molecule has 4 rings (SSSR count). The van der Waals surface area contributed by atoms with E-state index in [1.54, 1.807) is 6.20 Å². The van der Waals surface area contributed by atoms with E-state index >= 15 is 0 Å². The minimum atomic E-state index is -1.01. The molecule has 2 aromatic heterocycles. The van der Waals surface area contributed by atoms with Gasteiger partial charge in [-0.05, 0) is 110 Å². The molecular weight excluding hydrogens is 534 g/mol. The van der Waals surface area contributed by atoms with Gasteiger partial charge >= 0.3 is 5.97 Å². The van der Waals surface area contributed by atoms with Crippen LogP contribution in [0.4, 0.5) is 5.69 Å². The van der Waals surface area contributed by atoms with E-state index in [2.05, 4.69) is 28.6 Å². The van der Waals surface area contributed by atoms with Crippen LogP contribution in [0.3, 0.4) is 0 Å². The van der Waals surface area contributed by atoms with Gasteiger partial charge in [0.25, 0.3) is 0 Å². The molecule has 0 saturated heterocycles. The van der Waals surface area contributed by atoms with Crippen molar-refractivity contribution >= 4 is 28.9 Å². The quantitative estimate of drug-likeness (QED) is 0.345. The van der Waals surface area contributed by atoms with E-state index < -0.39 is 5.97 Å². The summed E-state index contributed by atoms with van der Waals surface area (Å²) in [4.78, 5) is 35.8. The first-order valence-corrected chi connectivity index (χ1v) is 15.7. The number of aromatic carboxylic acids is 1. The molecule has 8 heteroatoms. The molecule has 0 bridgehead atoms. The smallest absolute Gasteiger partial charge is 0.348 e. The van der Waals surface area contributed by atoms with E-state index in [-0.39, 0.29) is 34.3 Å². The Balaban J connectivity index is 1.57. The van der Waals surface area contributed by atoms with Gasteiger partial charge in [0.15, 0.2) is 0 Å². The number of pyridine rings is 1. The van der Waals surface area contributed by atoms with Gasteiger partial charge in [0.1, 0.15) is 11.0 Å². The van der Waals surface area contributed by atoms with Gasteiger partial charge in [0, 0.05) is 36.2 Å². The van der Waals surface area contributed by atoms with E-state index in [0.717, 1.165) is 63.5 Å². The summed E-state index contributed by atoms with van der Waals surface area (Å²) in [5.41, 5.74) is 1.45. The molecule has 2 saturated carbocycles. The number of amides is 1. The zero-order chi connectivity index (χ0) is 29.7. The molecule has 7 nitrogen and oxygen atoms in total. The Morgan fingerprint density at radius 2 is 1.76 bits per heavy atom. The van der Waals surface area contributed by atoms with Gasteiger partial charge in [-0.15, -0.1) is 11.3 Å². The summed E-state index contributed by atoms with van der Waals surface area (Å²) in [6, 6.07) is 5.75. The van der Waals surface area contributed by atoms with Crippen molar-refractivity contribution in [1.82, 2.24) is 9.88 Å². The second kappa shape index (κ2) is 13.4. The normalized spacial score (nSPS) is 23.0. The molecule has 2 aromatic rings. The Kier molecular flexibility index (Phi) is 10.1. The Morgan fingerprint density at radius 3 is 2.37 bits per heavy atom. The van der Waals surface area contributed by atoms with Crippen molar-refractivity contribution in [2.75, 3.05) is 19.0 Å². The average Bonchev–Trinajstić information content (AvgIpc) is 3.33. The minimum absolute atomic E-state index is 0.00969. The number of aromatic nitrogens is 1. The molecule has 0 radical (unpaired) electrons. The Hall–Kier alpha value is -2.89. The third-order valence-corrected chi connectivity index (χ3v) is 8.95. The maximum atomic E-state index is 14.2. The first-order chi connectivity index (χ1) is 19.4. The maximum absolute atomic E-state index is 14.2. The Morgan fingerprint density at radius 1 is 1.07 bits per heavy atom. The molecule has 0 unspecified atom stereocenters. The predicted molar refractivity (Wildman–Crippen MR) is 165 cm³/mol. The molecule has 222 valence electrons. The fourth-order valence-corrected chi connectivity index (χ4v) is 6.64. The van der Waals surface area contributed by atoms with Gasteiger partial charge in [0.05, 0.1) is 10.6 Å². The summed E-state index contributed by atoms with van der Waals surface area (Å²) in [6.45, 7) is 9.15. The highest BCUT2D eigenvalue weighted by atomic mass is 32.1. The molecule has 0 aliphatic heterocycles. The number of carboxylic acid groups (broad SMARTS) is 1. The standard InChI is InChI=1S/C33H45N3O4S/c1-22-7-9-24(10-8-22)31(37)36(28-20-27(15-17-33(2,3)4)41-30(28)32(38)39)25-11-13-26(14-12-25)40-29-19-23(16-18-34-29)21-35(5)6/h16,18-20,22,24-26H,7-14,21H2,1-6H3,(H,38,39)/t22?,24?,25-,26+. The van der Waals surface area contributed by atoms with Gasteiger partial charge < -0.3 is 19.6 Å². The summed E-state index contributed by atoms with van der Waals surface area (Å²) in [6.07, 6.45) is 8.61. The SMILES string of the molecule is CC1CCC(C(=O)N(c2cc(C#CC(C)(C)C)sc2C(=O)O)[C@H]2CC[C@@H](Oc3cc(CN(C)C)ccn3)CC2)CC1. The van der Waals surface area contributed by atoms with Crippen LogP contribution in [0, 0.1) is 29.1 Å².